The summed E-state index contributed by atoms with van der Waals surface area (Å²) in [6.07, 6.45) is 0. The highest BCUT2D eigenvalue weighted by Crippen LogP contribution is 2.55. The fourth-order valence-electron chi connectivity index (χ4n) is 4.72. The summed E-state index contributed by atoms with van der Waals surface area (Å²) in [4.78, 5) is 0. The third-order valence-electron chi connectivity index (χ3n) is 5.99. The fraction of sp³-hybridized carbons (Fsp3) is 0. The van der Waals surface area contributed by atoms with Gasteiger partial charge < -0.3 is 5.73 Å². The molecule has 0 aromatic heterocycles. The van der Waals surface area contributed by atoms with Crippen LogP contribution in [0.1, 0.15) is 0 Å². The maximum absolute atomic E-state index is 6.35. The summed E-state index contributed by atoms with van der Waals surface area (Å²) in [5.41, 5.74) is 17.4. The molecule has 0 amide bonds. The van der Waals surface area contributed by atoms with Gasteiger partial charge in [-0.1, -0.05) is 97.1 Å². The Hall–Kier alpha value is -3.84. The molecular formula is C28H19N. The predicted molar refractivity (Wildman–Crippen MR) is 124 cm³/mol. The lowest BCUT2D eigenvalue weighted by Crippen LogP contribution is -1.89. The van der Waals surface area contributed by atoms with E-state index in [1.807, 2.05) is 6.07 Å². The van der Waals surface area contributed by atoms with E-state index in [4.69, 9.17) is 5.73 Å². The first-order chi connectivity index (χ1) is 14.3. The SMILES string of the molecule is Nc1ccc2c3c(cccc13)-c1c(-c3ccccc3)ccc(-c3ccccc3)c1-2. The van der Waals surface area contributed by atoms with Crippen LogP contribution in [0.25, 0.3) is 55.3 Å². The summed E-state index contributed by atoms with van der Waals surface area (Å²) in [5.74, 6) is 0. The molecule has 0 spiro atoms. The first-order valence-corrected chi connectivity index (χ1v) is 9.93. The molecule has 0 atom stereocenters. The van der Waals surface area contributed by atoms with E-state index in [-0.39, 0.29) is 0 Å². The minimum Gasteiger partial charge on any atom is -0.398 e. The molecular weight excluding hydrogens is 350 g/mol. The molecule has 6 rings (SSSR count). The van der Waals surface area contributed by atoms with Crippen LogP contribution in [-0.2, 0) is 0 Å². The smallest absolute Gasteiger partial charge is 0.0394 e. The number of benzene rings is 5. The van der Waals surface area contributed by atoms with Crippen molar-refractivity contribution in [3.63, 3.8) is 0 Å². The van der Waals surface area contributed by atoms with Crippen LogP contribution in [0.2, 0.25) is 0 Å². The van der Waals surface area contributed by atoms with Crippen LogP contribution in [0, 0.1) is 0 Å². The Labute approximate surface area is 170 Å². The summed E-state index contributed by atoms with van der Waals surface area (Å²) in [6.45, 7) is 0. The van der Waals surface area contributed by atoms with Crippen LogP contribution in [0.3, 0.4) is 0 Å². The Bertz CT molecular complexity index is 1310. The maximum Gasteiger partial charge on any atom is 0.0394 e. The molecule has 2 N–H and O–H groups in total. The molecule has 1 aliphatic rings. The number of fused-ring (bicyclic) bond motifs is 3. The van der Waals surface area contributed by atoms with Crippen LogP contribution < -0.4 is 5.73 Å². The van der Waals surface area contributed by atoms with E-state index in [9.17, 15) is 0 Å². The molecule has 1 nitrogen and oxygen atoms in total. The van der Waals surface area contributed by atoms with Crippen molar-refractivity contribution in [3.05, 3.63) is 103 Å². The number of rotatable bonds is 2. The summed E-state index contributed by atoms with van der Waals surface area (Å²) in [5, 5.41) is 2.40. The number of hydrogen-bond donors (Lipinski definition) is 1. The topological polar surface area (TPSA) is 26.0 Å². The van der Waals surface area contributed by atoms with E-state index in [2.05, 4.69) is 97.1 Å². The van der Waals surface area contributed by atoms with Crippen LogP contribution >= 0.6 is 0 Å². The minimum absolute atomic E-state index is 0.834. The lowest BCUT2D eigenvalue weighted by atomic mass is 9.88. The van der Waals surface area contributed by atoms with Crippen molar-refractivity contribution in [2.75, 3.05) is 5.73 Å². The summed E-state index contributed by atoms with van der Waals surface area (Å²) in [6, 6.07) is 36.6. The van der Waals surface area contributed by atoms with E-state index < -0.39 is 0 Å². The monoisotopic (exact) mass is 369 g/mol. The van der Waals surface area contributed by atoms with E-state index in [0.717, 1.165) is 11.1 Å². The van der Waals surface area contributed by atoms with Gasteiger partial charge in [0.05, 0.1) is 0 Å². The molecule has 5 aromatic rings. The number of hydrogen-bond acceptors (Lipinski definition) is 1. The molecule has 0 heterocycles. The van der Waals surface area contributed by atoms with Crippen LogP contribution in [0.4, 0.5) is 5.69 Å². The predicted octanol–water partition coefficient (Wildman–Crippen LogP) is 7.40. The van der Waals surface area contributed by atoms with Gasteiger partial charge in [0, 0.05) is 11.1 Å². The second-order valence-electron chi connectivity index (χ2n) is 7.57. The Kier molecular flexibility index (Phi) is 3.39. The average Bonchev–Trinajstić information content (AvgIpc) is 3.13. The van der Waals surface area contributed by atoms with Gasteiger partial charge in [0.25, 0.3) is 0 Å². The maximum atomic E-state index is 6.35. The number of nitrogens with two attached hydrogens (primary N) is 1. The van der Waals surface area contributed by atoms with E-state index >= 15 is 0 Å². The highest BCUT2D eigenvalue weighted by atomic mass is 14.6. The second kappa shape index (κ2) is 6.08. The van der Waals surface area contributed by atoms with Gasteiger partial charge >= 0.3 is 0 Å². The minimum atomic E-state index is 0.834. The lowest BCUT2D eigenvalue weighted by molar-refractivity contribution is 1.59. The summed E-state index contributed by atoms with van der Waals surface area (Å²) in [7, 11) is 0. The molecule has 0 bridgehead atoms. The molecule has 0 saturated heterocycles. The fourth-order valence-corrected chi connectivity index (χ4v) is 4.72. The Morgan fingerprint density at radius 2 is 0.931 bits per heavy atom. The van der Waals surface area contributed by atoms with Gasteiger partial charge in [-0.05, 0) is 56.0 Å². The van der Waals surface area contributed by atoms with Gasteiger partial charge in [-0.3, -0.25) is 0 Å². The molecule has 0 unspecified atom stereocenters. The molecule has 0 radical (unpaired) electrons. The molecule has 1 aliphatic carbocycles. The van der Waals surface area contributed by atoms with E-state index in [1.54, 1.807) is 0 Å². The van der Waals surface area contributed by atoms with Gasteiger partial charge in [-0.2, -0.15) is 0 Å². The van der Waals surface area contributed by atoms with Crippen molar-refractivity contribution in [3.8, 4) is 44.5 Å². The van der Waals surface area contributed by atoms with Gasteiger partial charge in [-0.25, -0.2) is 0 Å². The molecule has 29 heavy (non-hydrogen) atoms. The van der Waals surface area contributed by atoms with Crippen molar-refractivity contribution < 1.29 is 0 Å². The highest BCUT2D eigenvalue weighted by Gasteiger charge is 2.27. The Morgan fingerprint density at radius 1 is 0.414 bits per heavy atom. The van der Waals surface area contributed by atoms with Crippen LogP contribution in [0.5, 0.6) is 0 Å². The Morgan fingerprint density at radius 3 is 1.52 bits per heavy atom. The van der Waals surface area contributed by atoms with Gasteiger partial charge in [0.2, 0.25) is 0 Å². The van der Waals surface area contributed by atoms with E-state index in [1.165, 1.54) is 49.9 Å². The highest BCUT2D eigenvalue weighted by molar-refractivity contribution is 6.22. The Balaban J connectivity index is 1.78. The van der Waals surface area contributed by atoms with Gasteiger partial charge in [0.1, 0.15) is 0 Å². The standard InChI is InChI=1S/C28H19N/c29-25-17-16-24-26-22(25)12-7-13-23(26)27-20(18-8-3-1-4-9-18)14-15-21(28(24)27)19-10-5-2-6-11-19/h1-17H,29H2. The molecule has 0 saturated carbocycles. The van der Waals surface area contributed by atoms with Crippen LogP contribution in [-0.4, -0.2) is 0 Å². The molecule has 0 aliphatic heterocycles. The van der Waals surface area contributed by atoms with Crippen molar-refractivity contribution in [1.29, 1.82) is 0 Å². The van der Waals surface area contributed by atoms with Crippen molar-refractivity contribution >= 4 is 16.5 Å². The number of nitrogen functional groups attached to an aromatic ring is 1. The largest absolute Gasteiger partial charge is 0.398 e. The summed E-state index contributed by atoms with van der Waals surface area (Å²) < 4.78 is 0. The summed E-state index contributed by atoms with van der Waals surface area (Å²) >= 11 is 0. The first kappa shape index (κ1) is 16.1. The number of anilines is 1. The van der Waals surface area contributed by atoms with Crippen LogP contribution in [0.15, 0.2) is 103 Å². The zero-order valence-electron chi connectivity index (χ0n) is 15.9. The zero-order chi connectivity index (χ0) is 19.4. The third kappa shape index (κ3) is 2.28. The van der Waals surface area contributed by atoms with Crippen molar-refractivity contribution in [1.82, 2.24) is 0 Å². The quantitative estimate of drug-likeness (QED) is 0.316. The molecule has 0 fully saturated rings. The van der Waals surface area contributed by atoms with E-state index in [0.29, 0.717) is 0 Å². The zero-order valence-corrected chi connectivity index (χ0v) is 15.9. The second-order valence-corrected chi connectivity index (χ2v) is 7.57. The first-order valence-electron chi connectivity index (χ1n) is 9.93. The molecule has 136 valence electrons. The normalized spacial score (nSPS) is 11.6. The van der Waals surface area contributed by atoms with Gasteiger partial charge in [0.15, 0.2) is 0 Å². The van der Waals surface area contributed by atoms with Gasteiger partial charge in [-0.15, -0.1) is 0 Å². The molecule has 5 aromatic carbocycles. The van der Waals surface area contributed by atoms with Crippen molar-refractivity contribution in [2.24, 2.45) is 0 Å². The third-order valence-corrected chi connectivity index (χ3v) is 5.99. The molecule has 1 heteroatoms. The average molecular weight is 369 g/mol. The van der Waals surface area contributed by atoms with Crippen molar-refractivity contribution in [2.45, 2.75) is 0 Å². The lowest BCUT2D eigenvalue weighted by Gasteiger charge is -2.15.